The molecule has 15 heavy (non-hydrogen) atoms. The molecule has 0 fully saturated rings. The monoisotopic (exact) mass is 207 g/mol. The zero-order valence-electron chi connectivity index (χ0n) is 9.08. The van der Waals surface area contributed by atoms with Gasteiger partial charge in [0, 0.05) is 5.56 Å². The molecule has 0 spiro atoms. The molecule has 1 aromatic rings. The molecule has 1 aliphatic heterocycles. The molecule has 2 N–H and O–H groups in total. The van der Waals surface area contributed by atoms with Crippen LogP contribution in [0.4, 0.5) is 0 Å². The number of benzene rings is 1. The van der Waals surface area contributed by atoms with Crippen molar-refractivity contribution >= 4 is 0 Å². The van der Waals surface area contributed by atoms with Crippen LogP contribution < -0.4 is 15.2 Å². The van der Waals surface area contributed by atoms with E-state index < -0.39 is 0 Å². The van der Waals surface area contributed by atoms with Gasteiger partial charge in [0.15, 0.2) is 11.5 Å². The normalized spacial score (nSPS) is 14.0. The fraction of sp³-hybridized carbons (Fsp3) is 0.500. The van der Waals surface area contributed by atoms with Gasteiger partial charge < -0.3 is 15.2 Å². The molecule has 1 aliphatic rings. The Kier molecular flexibility index (Phi) is 3.11. The van der Waals surface area contributed by atoms with E-state index in [2.05, 4.69) is 13.0 Å². The SMILES string of the molecule is Cc1ccc2c(c1CCCN)OCCO2. The Morgan fingerprint density at radius 3 is 2.87 bits per heavy atom. The summed E-state index contributed by atoms with van der Waals surface area (Å²) in [4.78, 5) is 0. The molecule has 0 saturated heterocycles. The van der Waals surface area contributed by atoms with E-state index in [1.165, 1.54) is 11.1 Å². The topological polar surface area (TPSA) is 44.5 Å². The van der Waals surface area contributed by atoms with Gasteiger partial charge in [-0.1, -0.05) is 6.07 Å². The van der Waals surface area contributed by atoms with Gasteiger partial charge in [-0.05, 0) is 37.9 Å². The molecule has 0 atom stereocenters. The number of rotatable bonds is 3. The number of aryl methyl sites for hydroxylation is 1. The molecule has 3 nitrogen and oxygen atoms in total. The van der Waals surface area contributed by atoms with Crippen molar-refractivity contribution < 1.29 is 9.47 Å². The van der Waals surface area contributed by atoms with Crippen molar-refractivity contribution in [1.82, 2.24) is 0 Å². The molecule has 0 aromatic heterocycles. The second kappa shape index (κ2) is 4.53. The summed E-state index contributed by atoms with van der Waals surface area (Å²) in [5.74, 6) is 1.80. The quantitative estimate of drug-likeness (QED) is 0.819. The van der Waals surface area contributed by atoms with Crippen molar-refractivity contribution in [3.8, 4) is 11.5 Å². The highest BCUT2D eigenvalue weighted by Crippen LogP contribution is 2.36. The Balaban J connectivity index is 2.32. The number of hydrogen-bond acceptors (Lipinski definition) is 3. The summed E-state index contributed by atoms with van der Waals surface area (Å²) < 4.78 is 11.2. The molecule has 0 radical (unpaired) electrons. The first-order valence-corrected chi connectivity index (χ1v) is 5.41. The number of fused-ring (bicyclic) bond motifs is 1. The molecule has 0 aliphatic carbocycles. The lowest BCUT2D eigenvalue weighted by atomic mass is 10.0. The van der Waals surface area contributed by atoms with E-state index in [-0.39, 0.29) is 0 Å². The smallest absolute Gasteiger partial charge is 0.164 e. The summed E-state index contributed by atoms with van der Waals surface area (Å²) in [6.45, 7) is 4.10. The Morgan fingerprint density at radius 1 is 1.27 bits per heavy atom. The van der Waals surface area contributed by atoms with Gasteiger partial charge in [-0.3, -0.25) is 0 Å². The van der Waals surface area contributed by atoms with Crippen molar-refractivity contribution in [3.05, 3.63) is 23.3 Å². The van der Waals surface area contributed by atoms with Crippen LogP contribution in [0.2, 0.25) is 0 Å². The fourth-order valence-electron chi connectivity index (χ4n) is 1.86. The van der Waals surface area contributed by atoms with Crippen LogP contribution >= 0.6 is 0 Å². The predicted molar refractivity (Wildman–Crippen MR) is 59.5 cm³/mol. The third kappa shape index (κ3) is 2.07. The van der Waals surface area contributed by atoms with Crippen molar-refractivity contribution in [2.75, 3.05) is 19.8 Å². The zero-order valence-corrected chi connectivity index (χ0v) is 9.08. The van der Waals surface area contributed by atoms with Crippen molar-refractivity contribution in [3.63, 3.8) is 0 Å². The van der Waals surface area contributed by atoms with Gasteiger partial charge in [-0.15, -0.1) is 0 Å². The zero-order chi connectivity index (χ0) is 10.7. The minimum absolute atomic E-state index is 0.645. The molecule has 3 heteroatoms. The first kappa shape index (κ1) is 10.3. The third-order valence-electron chi connectivity index (χ3n) is 2.68. The van der Waals surface area contributed by atoms with Crippen LogP contribution in [0.1, 0.15) is 17.5 Å². The van der Waals surface area contributed by atoms with Gasteiger partial charge in [0.05, 0.1) is 0 Å². The van der Waals surface area contributed by atoms with E-state index in [1.807, 2.05) is 6.07 Å². The summed E-state index contributed by atoms with van der Waals surface area (Å²) in [6.07, 6.45) is 1.95. The van der Waals surface area contributed by atoms with Crippen LogP contribution in [0, 0.1) is 6.92 Å². The molecular weight excluding hydrogens is 190 g/mol. The van der Waals surface area contributed by atoms with Gasteiger partial charge in [-0.2, -0.15) is 0 Å². The Bertz CT molecular complexity index is 350. The average molecular weight is 207 g/mol. The summed E-state index contributed by atoms with van der Waals surface area (Å²) in [6, 6.07) is 4.06. The molecule has 0 saturated carbocycles. The summed E-state index contributed by atoms with van der Waals surface area (Å²) in [7, 11) is 0. The van der Waals surface area contributed by atoms with Crippen LogP contribution in [0.15, 0.2) is 12.1 Å². The molecule has 0 amide bonds. The minimum atomic E-state index is 0.645. The maximum atomic E-state index is 5.67. The highest BCUT2D eigenvalue weighted by Gasteiger charge is 2.16. The van der Waals surface area contributed by atoms with Crippen LogP contribution in [0.3, 0.4) is 0 Å². The van der Waals surface area contributed by atoms with Gasteiger partial charge >= 0.3 is 0 Å². The maximum Gasteiger partial charge on any atom is 0.164 e. The average Bonchev–Trinajstić information content (AvgIpc) is 2.28. The number of nitrogens with two attached hydrogens (primary N) is 1. The fourth-order valence-corrected chi connectivity index (χ4v) is 1.86. The Labute approximate surface area is 90.2 Å². The van der Waals surface area contributed by atoms with Gasteiger partial charge in [-0.25, -0.2) is 0 Å². The lowest BCUT2D eigenvalue weighted by Gasteiger charge is -2.22. The highest BCUT2D eigenvalue weighted by molar-refractivity contribution is 5.51. The van der Waals surface area contributed by atoms with Gasteiger partial charge in [0.25, 0.3) is 0 Å². The largest absolute Gasteiger partial charge is 0.486 e. The second-order valence-corrected chi connectivity index (χ2v) is 3.78. The Hall–Kier alpha value is -1.22. The van der Waals surface area contributed by atoms with E-state index in [0.29, 0.717) is 19.8 Å². The number of hydrogen-bond donors (Lipinski definition) is 1. The van der Waals surface area contributed by atoms with Gasteiger partial charge in [0.2, 0.25) is 0 Å². The van der Waals surface area contributed by atoms with E-state index in [4.69, 9.17) is 15.2 Å². The van der Waals surface area contributed by atoms with Crippen LogP contribution in [-0.2, 0) is 6.42 Å². The maximum absolute atomic E-state index is 5.67. The first-order chi connectivity index (χ1) is 7.33. The van der Waals surface area contributed by atoms with Crippen molar-refractivity contribution in [1.29, 1.82) is 0 Å². The van der Waals surface area contributed by atoms with E-state index >= 15 is 0 Å². The Morgan fingerprint density at radius 2 is 2.07 bits per heavy atom. The summed E-state index contributed by atoms with van der Waals surface area (Å²) in [5.41, 5.74) is 8.04. The predicted octanol–water partition coefficient (Wildman–Crippen LogP) is 1.66. The highest BCUT2D eigenvalue weighted by atomic mass is 16.6. The summed E-state index contributed by atoms with van der Waals surface area (Å²) >= 11 is 0. The molecule has 0 unspecified atom stereocenters. The molecule has 1 aromatic carbocycles. The molecule has 2 rings (SSSR count). The van der Waals surface area contributed by atoms with Crippen LogP contribution in [-0.4, -0.2) is 19.8 Å². The minimum Gasteiger partial charge on any atom is -0.486 e. The molecule has 82 valence electrons. The molecule has 1 heterocycles. The molecular formula is C12H17NO2. The first-order valence-electron chi connectivity index (χ1n) is 5.41. The van der Waals surface area contributed by atoms with Crippen LogP contribution in [0.5, 0.6) is 11.5 Å². The van der Waals surface area contributed by atoms with E-state index in [1.54, 1.807) is 0 Å². The lowest BCUT2D eigenvalue weighted by molar-refractivity contribution is 0.169. The van der Waals surface area contributed by atoms with E-state index in [9.17, 15) is 0 Å². The van der Waals surface area contributed by atoms with Crippen molar-refractivity contribution in [2.45, 2.75) is 19.8 Å². The third-order valence-corrected chi connectivity index (χ3v) is 2.68. The molecule has 0 bridgehead atoms. The lowest BCUT2D eigenvalue weighted by Crippen LogP contribution is -2.17. The van der Waals surface area contributed by atoms with Gasteiger partial charge in [0.1, 0.15) is 13.2 Å². The van der Waals surface area contributed by atoms with Crippen molar-refractivity contribution in [2.24, 2.45) is 5.73 Å². The van der Waals surface area contributed by atoms with E-state index in [0.717, 1.165) is 24.3 Å². The standard InChI is InChI=1S/C12H17NO2/c1-9-4-5-11-12(15-8-7-14-11)10(9)3-2-6-13/h4-5H,2-3,6-8,13H2,1H3. The number of ether oxygens (including phenoxy) is 2. The second-order valence-electron chi connectivity index (χ2n) is 3.78. The van der Waals surface area contributed by atoms with Crippen LogP contribution in [0.25, 0.3) is 0 Å². The summed E-state index contributed by atoms with van der Waals surface area (Å²) in [5, 5.41) is 0.